The van der Waals surface area contributed by atoms with Crippen LogP contribution in [-0.2, 0) is 16.3 Å². The predicted molar refractivity (Wildman–Crippen MR) is 91.4 cm³/mol. The first kappa shape index (κ1) is 18.1. The van der Waals surface area contributed by atoms with Gasteiger partial charge in [-0.25, -0.2) is 5.43 Å². The third-order valence-corrected chi connectivity index (χ3v) is 6.29. The zero-order valence-electron chi connectivity index (χ0n) is 14.8. The second-order valence-corrected chi connectivity index (χ2v) is 7.57. The van der Waals surface area contributed by atoms with Gasteiger partial charge in [-0.3, -0.25) is 5.43 Å². The van der Waals surface area contributed by atoms with Crippen LogP contribution in [0.15, 0.2) is 35.7 Å². The fraction of sp³-hybridized carbons (Fsp3) is 0.526. The van der Waals surface area contributed by atoms with Crippen LogP contribution in [-0.4, -0.2) is 12.3 Å². The Labute approximate surface area is 155 Å². The van der Waals surface area contributed by atoms with Crippen molar-refractivity contribution in [3.63, 3.8) is 0 Å². The maximum absolute atomic E-state index is 13.4. The lowest BCUT2D eigenvalue weighted by atomic mass is 9.51. The summed E-state index contributed by atoms with van der Waals surface area (Å²) in [4.78, 5) is 0. The topological polar surface area (TPSA) is 83.1 Å². The molecule has 8 heteroatoms. The summed E-state index contributed by atoms with van der Waals surface area (Å²) < 4.78 is 45.9. The number of nitriles is 1. The number of nitrogens with two attached hydrogens (primary N) is 1. The Morgan fingerprint density at radius 2 is 2.04 bits per heavy atom. The van der Waals surface area contributed by atoms with Crippen molar-refractivity contribution in [1.29, 1.82) is 5.26 Å². The van der Waals surface area contributed by atoms with E-state index in [4.69, 9.17) is 10.5 Å². The standard InChI is InChI=1S/C19H21F3N4O/c1-10-15-17(26-25-10)27-16(24)14(9-23)18(15,11-4-2-5-11)12-6-3-7-13(8-12)19(20,21)22/h3,6-8,10-11,15,17,25-26H,2,4-5,24H2,1H3. The minimum atomic E-state index is -4.46. The van der Waals surface area contributed by atoms with Crippen molar-refractivity contribution in [1.82, 2.24) is 10.9 Å². The highest BCUT2D eigenvalue weighted by Gasteiger charge is 2.61. The van der Waals surface area contributed by atoms with Crippen LogP contribution in [0.3, 0.4) is 0 Å². The molecule has 2 fully saturated rings. The van der Waals surface area contributed by atoms with Crippen molar-refractivity contribution in [3.8, 4) is 6.07 Å². The first-order chi connectivity index (χ1) is 12.8. The number of ether oxygens (including phenoxy) is 1. The van der Waals surface area contributed by atoms with Crippen molar-refractivity contribution in [2.75, 3.05) is 0 Å². The van der Waals surface area contributed by atoms with Crippen LogP contribution in [0, 0.1) is 23.2 Å². The quantitative estimate of drug-likeness (QED) is 0.737. The minimum Gasteiger partial charge on any atom is -0.458 e. The van der Waals surface area contributed by atoms with Gasteiger partial charge >= 0.3 is 6.18 Å². The fourth-order valence-electron chi connectivity index (χ4n) is 4.97. The molecular weight excluding hydrogens is 357 g/mol. The SMILES string of the molecule is CC1NNC2OC(N)=C(C#N)C(c3cccc(C(F)(F)F)c3)(C3CCC3)C12. The van der Waals surface area contributed by atoms with Crippen LogP contribution in [0.1, 0.15) is 37.3 Å². The summed E-state index contributed by atoms with van der Waals surface area (Å²) in [7, 11) is 0. The summed E-state index contributed by atoms with van der Waals surface area (Å²) in [6.45, 7) is 1.94. The highest BCUT2D eigenvalue weighted by Crippen LogP contribution is 2.58. The Kier molecular flexibility index (Phi) is 4.13. The molecule has 0 radical (unpaired) electrons. The summed E-state index contributed by atoms with van der Waals surface area (Å²) in [5.74, 6) is -0.227. The van der Waals surface area contributed by atoms with Crippen LogP contribution < -0.4 is 16.6 Å². The summed E-state index contributed by atoms with van der Waals surface area (Å²) in [6, 6.07) is 7.40. The van der Waals surface area contributed by atoms with E-state index in [2.05, 4.69) is 16.9 Å². The van der Waals surface area contributed by atoms with Crippen molar-refractivity contribution in [3.05, 3.63) is 46.8 Å². The molecule has 1 saturated carbocycles. The number of nitrogens with one attached hydrogen (secondary N) is 2. The van der Waals surface area contributed by atoms with Crippen molar-refractivity contribution < 1.29 is 17.9 Å². The molecule has 4 rings (SSSR count). The number of benzene rings is 1. The Morgan fingerprint density at radius 3 is 2.63 bits per heavy atom. The number of hydrogen-bond acceptors (Lipinski definition) is 5. The van der Waals surface area contributed by atoms with E-state index >= 15 is 0 Å². The van der Waals surface area contributed by atoms with Gasteiger partial charge in [0, 0.05) is 17.4 Å². The highest BCUT2D eigenvalue weighted by atomic mass is 19.4. The molecule has 4 atom stereocenters. The smallest absolute Gasteiger partial charge is 0.416 e. The van der Waals surface area contributed by atoms with E-state index in [0.29, 0.717) is 5.56 Å². The van der Waals surface area contributed by atoms with Gasteiger partial charge in [-0.05, 0) is 37.3 Å². The molecule has 1 aromatic rings. The van der Waals surface area contributed by atoms with E-state index < -0.39 is 23.4 Å². The van der Waals surface area contributed by atoms with Gasteiger partial charge in [0.25, 0.3) is 0 Å². The van der Waals surface area contributed by atoms with Crippen LogP contribution in [0.25, 0.3) is 0 Å². The number of rotatable bonds is 2. The molecule has 5 nitrogen and oxygen atoms in total. The molecule has 0 spiro atoms. The van der Waals surface area contributed by atoms with Gasteiger partial charge in [-0.1, -0.05) is 24.6 Å². The van der Waals surface area contributed by atoms with Crippen LogP contribution in [0.5, 0.6) is 0 Å². The maximum Gasteiger partial charge on any atom is 0.416 e. The van der Waals surface area contributed by atoms with Crippen molar-refractivity contribution >= 4 is 0 Å². The number of fused-ring (bicyclic) bond motifs is 1. The molecule has 3 aliphatic rings. The number of halogens is 3. The van der Waals surface area contributed by atoms with Crippen LogP contribution >= 0.6 is 0 Å². The molecule has 1 aliphatic carbocycles. The lowest BCUT2D eigenvalue weighted by Gasteiger charge is -2.53. The average Bonchev–Trinajstić information content (AvgIpc) is 2.93. The summed E-state index contributed by atoms with van der Waals surface area (Å²) in [5.41, 5.74) is 11.3. The Morgan fingerprint density at radius 1 is 1.30 bits per heavy atom. The van der Waals surface area contributed by atoms with Crippen molar-refractivity contribution in [2.45, 2.75) is 50.0 Å². The van der Waals surface area contributed by atoms with E-state index in [1.54, 1.807) is 6.07 Å². The molecule has 0 aromatic heterocycles. The summed E-state index contributed by atoms with van der Waals surface area (Å²) in [5, 5.41) is 9.93. The number of allylic oxidation sites excluding steroid dienone is 1. The van der Waals surface area contributed by atoms with E-state index in [1.807, 2.05) is 6.92 Å². The average molecular weight is 378 g/mol. The first-order valence-electron chi connectivity index (χ1n) is 9.06. The normalized spacial score (nSPS) is 33.8. The maximum atomic E-state index is 13.4. The third kappa shape index (κ3) is 2.52. The van der Waals surface area contributed by atoms with E-state index in [0.717, 1.165) is 25.3 Å². The monoisotopic (exact) mass is 378 g/mol. The Hall–Kier alpha value is -2.24. The number of hydrogen-bond donors (Lipinski definition) is 3. The van der Waals surface area contributed by atoms with Gasteiger partial charge in [0.1, 0.15) is 11.6 Å². The predicted octanol–water partition coefficient (Wildman–Crippen LogP) is 2.91. The summed E-state index contributed by atoms with van der Waals surface area (Å²) in [6.07, 6.45) is -2.30. The molecule has 1 aromatic carbocycles. The van der Waals surface area contributed by atoms with Gasteiger partial charge in [0.2, 0.25) is 5.88 Å². The van der Waals surface area contributed by atoms with Crippen LogP contribution in [0.2, 0.25) is 0 Å². The number of alkyl halides is 3. The molecule has 2 heterocycles. The number of nitrogens with zero attached hydrogens (tertiary/aromatic N) is 1. The Balaban J connectivity index is 1.99. The molecule has 0 bridgehead atoms. The fourth-order valence-corrected chi connectivity index (χ4v) is 4.97. The van der Waals surface area contributed by atoms with Crippen molar-refractivity contribution in [2.24, 2.45) is 17.6 Å². The molecule has 4 unspecified atom stereocenters. The van der Waals surface area contributed by atoms with Gasteiger partial charge in [0.05, 0.1) is 5.56 Å². The molecule has 144 valence electrons. The second kappa shape index (κ2) is 6.14. The lowest BCUT2D eigenvalue weighted by Crippen LogP contribution is -2.57. The van der Waals surface area contributed by atoms with Crippen LogP contribution in [0.4, 0.5) is 13.2 Å². The third-order valence-electron chi connectivity index (χ3n) is 6.29. The number of hydrazine groups is 1. The van der Waals surface area contributed by atoms with Gasteiger partial charge in [-0.15, -0.1) is 0 Å². The van der Waals surface area contributed by atoms with Gasteiger partial charge in [0.15, 0.2) is 6.23 Å². The zero-order chi connectivity index (χ0) is 19.4. The van der Waals surface area contributed by atoms with E-state index in [9.17, 15) is 18.4 Å². The largest absolute Gasteiger partial charge is 0.458 e. The zero-order valence-corrected chi connectivity index (χ0v) is 14.8. The first-order valence-corrected chi connectivity index (χ1v) is 9.06. The molecule has 2 aliphatic heterocycles. The molecular formula is C19H21F3N4O. The molecule has 1 saturated heterocycles. The minimum absolute atomic E-state index is 0.00791. The second-order valence-electron chi connectivity index (χ2n) is 7.57. The van der Waals surface area contributed by atoms with E-state index in [-0.39, 0.29) is 29.3 Å². The van der Waals surface area contributed by atoms with Gasteiger partial charge < -0.3 is 10.5 Å². The van der Waals surface area contributed by atoms with E-state index in [1.165, 1.54) is 12.1 Å². The highest BCUT2D eigenvalue weighted by molar-refractivity contribution is 5.50. The Bertz CT molecular complexity index is 827. The lowest BCUT2D eigenvalue weighted by molar-refractivity contribution is -0.137. The molecule has 4 N–H and O–H groups in total. The van der Waals surface area contributed by atoms with Gasteiger partial charge in [-0.2, -0.15) is 18.4 Å². The molecule has 27 heavy (non-hydrogen) atoms. The summed E-state index contributed by atoms with van der Waals surface area (Å²) >= 11 is 0. The molecule has 0 amide bonds.